The first-order chi connectivity index (χ1) is 16.9. The van der Waals surface area contributed by atoms with E-state index in [-0.39, 0.29) is 18.7 Å². The summed E-state index contributed by atoms with van der Waals surface area (Å²) < 4.78 is 15.8. The van der Waals surface area contributed by atoms with Gasteiger partial charge in [-0.15, -0.1) is 0 Å². The second kappa shape index (κ2) is 12.5. The van der Waals surface area contributed by atoms with Gasteiger partial charge in [0.15, 0.2) is 0 Å². The predicted octanol–water partition coefficient (Wildman–Crippen LogP) is 3.29. The van der Waals surface area contributed by atoms with Gasteiger partial charge < -0.3 is 24.8 Å². The second-order valence-electron chi connectivity index (χ2n) is 8.98. The molecule has 0 aliphatic heterocycles. The van der Waals surface area contributed by atoms with Crippen LogP contribution in [-0.4, -0.2) is 47.7 Å². The number of nitro groups is 1. The number of nitrogens with one attached hydrogen (secondary N) is 2. The molecule has 2 atom stereocenters. The standard InChI is InChI=1S/C25H31N3O8/c1-16(23(30)34-5)26-22(29)20(27-24(31)36-25(2,3)4)14-18-13-19(28(32)33)11-12-21(18)35-15-17-9-7-6-8-10-17/h6-13,16,20H,14-15H2,1-5H3,(H,26,29)(H,27,31)/t16-,20-/m0/s1. The topological polar surface area (TPSA) is 146 Å². The fourth-order valence-electron chi connectivity index (χ4n) is 3.14. The molecule has 0 saturated heterocycles. The average Bonchev–Trinajstić information content (AvgIpc) is 2.81. The molecule has 0 spiro atoms. The highest BCUT2D eigenvalue weighted by Crippen LogP contribution is 2.27. The highest BCUT2D eigenvalue weighted by Gasteiger charge is 2.29. The smallest absolute Gasteiger partial charge is 0.408 e. The molecule has 2 rings (SSSR count). The van der Waals surface area contributed by atoms with E-state index in [4.69, 9.17) is 9.47 Å². The normalized spacial score (nSPS) is 12.6. The number of hydrogen-bond acceptors (Lipinski definition) is 8. The summed E-state index contributed by atoms with van der Waals surface area (Å²) in [5.41, 5.74) is 0.133. The third-order valence-electron chi connectivity index (χ3n) is 4.84. The zero-order chi connectivity index (χ0) is 26.9. The third kappa shape index (κ3) is 8.90. The van der Waals surface area contributed by atoms with Crippen LogP contribution in [0.4, 0.5) is 10.5 Å². The van der Waals surface area contributed by atoms with Crippen molar-refractivity contribution < 1.29 is 33.5 Å². The molecule has 2 N–H and O–H groups in total. The van der Waals surface area contributed by atoms with Crippen LogP contribution in [0.5, 0.6) is 5.75 Å². The molecular weight excluding hydrogens is 470 g/mol. The van der Waals surface area contributed by atoms with Gasteiger partial charge in [-0.25, -0.2) is 9.59 Å². The minimum atomic E-state index is -1.24. The summed E-state index contributed by atoms with van der Waals surface area (Å²) in [6.45, 7) is 6.60. The summed E-state index contributed by atoms with van der Waals surface area (Å²) in [5.74, 6) is -1.09. The molecule has 0 aliphatic carbocycles. The molecule has 0 aromatic heterocycles. The molecule has 11 heteroatoms. The quantitative estimate of drug-likeness (QED) is 0.286. The summed E-state index contributed by atoms with van der Waals surface area (Å²) in [6.07, 6.45) is -1.05. The average molecular weight is 502 g/mol. The minimum absolute atomic E-state index is 0.176. The van der Waals surface area contributed by atoms with E-state index < -0.39 is 40.6 Å². The van der Waals surface area contributed by atoms with Crippen LogP contribution in [0.25, 0.3) is 0 Å². The maximum atomic E-state index is 13.0. The van der Waals surface area contributed by atoms with E-state index in [9.17, 15) is 24.5 Å². The maximum Gasteiger partial charge on any atom is 0.408 e. The van der Waals surface area contributed by atoms with Crippen molar-refractivity contribution in [2.24, 2.45) is 0 Å². The minimum Gasteiger partial charge on any atom is -0.489 e. The number of ether oxygens (including phenoxy) is 3. The van der Waals surface area contributed by atoms with Gasteiger partial charge in [0, 0.05) is 24.1 Å². The van der Waals surface area contributed by atoms with Gasteiger partial charge in [0.1, 0.15) is 30.0 Å². The van der Waals surface area contributed by atoms with Gasteiger partial charge >= 0.3 is 12.1 Å². The lowest BCUT2D eigenvalue weighted by Gasteiger charge is -2.24. The van der Waals surface area contributed by atoms with Crippen LogP contribution >= 0.6 is 0 Å². The van der Waals surface area contributed by atoms with Gasteiger partial charge in [0.25, 0.3) is 5.69 Å². The lowest BCUT2D eigenvalue weighted by atomic mass is 10.0. The van der Waals surface area contributed by atoms with E-state index in [0.29, 0.717) is 11.3 Å². The number of hydrogen-bond donors (Lipinski definition) is 2. The van der Waals surface area contributed by atoms with Crippen LogP contribution < -0.4 is 15.4 Å². The largest absolute Gasteiger partial charge is 0.489 e. The Morgan fingerprint density at radius 2 is 1.72 bits per heavy atom. The number of nitro benzene ring substituents is 1. The fraction of sp³-hybridized carbons (Fsp3) is 0.400. The van der Waals surface area contributed by atoms with Crippen molar-refractivity contribution in [2.45, 2.75) is 58.4 Å². The zero-order valence-electron chi connectivity index (χ0n) is 20.9. The Bertz CT molecular complexity index is 1080. The Labute approximate surface area is 209 Å². The van der Waals surface area contributed by atoms with E-state index in [0.717, 1.165) is 5.56 Å². The lowest BCUT2D eigenvalue weighted by Crippen LogP contribution is -2.52. The van der Waals surface area contributed by atoms with E-state index in [1.807, 2.05) is 30.3 Å². The van der Waals surface area contributed by atoms with Gasteiger partial charge in [-0.05, 0) is 39.3 Å². The molecule has 11 nitrogen and oxygen atoms in total. The van der Waals surface area contributed by atoms with Crippen LogP contribution in [0.15, 0.2) is 48.5 Å². The van der Waals surface area contributed by atoms with E-state index in [2.05, 4.69) is 15.4 Å². The summed E-state index contributed by atoms with van der Waals surface area (Å²) in [5, 5.41) is 16.4. The Morgan fingerprint density at radius 3 is 2.31 bits per heavy atom. The van der Waals surface area contributed by atoms with Crippen molar-refractivity contribution in [3.63, 3.8) is 0 Å². The van der Waals surface area contributed by atoms with Crippen LogP contribution in [-0.2, 0) is 32.1 Å². The van der Waals surface area contributed by atoms with Crippen LogP contribution in [0.1, 0.15) is 38.8 Å². The molecule has 0 bridgehead atoms. The number of carbonyl (C=O) groups is 3. The highest BCUT2D eigenvalue weighted by atomic mass is 16.6. The molecule has 0 heterocycles. The Kier molecular flexibility index (Phi) is 9.77. The number of amides is 2. The lowest BCUT2D eigenvalue weighted by molar-refractivity contribution is -0.384. The second-order valence-corrected chi connectivity index (χ2v) is 8.98. The zero-order valence-corrected chi connectivity index (χ0v) is 20.9. The van der Waals surface area contributed by atoms with Gasteiger partial charge in [0.2, 0.25) is 5.91 Å². The molecule has 0 saturated carbocycles. The summed E-state index contributed by atoms with van der Waals surface area (Å²) >= 11 is 0. The van der Waals surface area contributed by atoms with Gasteiger partial charge in [-0.1, -0.05) is 30.3 Å². The fourth-order valence-corrected chi connectivity index (χ4v) is 3.14. The van der Waals surface area contributed by atoms with Crippen molar-refractivity contribution in [1.29, 1.82) is 0 Å². The summed E-state index contributed by atoms with van der Waals surface area (Å²) in [6, 6.07) is 11.1. The molecule has 0 radical (unpaired) electrons. The number of benzene rings is 2. The van der Waals surface area contributed by atoms with Crippen LogP contribution in [0.3, 0.4) is 0 Å². The van der Waals surface area contributed by atoms with E-state index in [1.54, 1.807) is 20.8 Å². The molecule has 2 amide bonds. The van der Waals surface area contributed by atoms with Gasteiger partial charge in [0.05, 0.1) is 12.0 Å². The molecule has 2 aromatic carbocycles. The summed E-state index contributed by atoms with van der Waals surface area (Å²) in [7, 11) is 1.18. The molecule has 194 valence electrons. The van der Waals surface area contributed by atoms with Gasteiger partial charge in [-0.3, -0.25) is 14.9 Å². The van der Waals surface area contributed by atoms with Crippen molar-refractivity contribution >= 4 is 23.7 Å². The van der Waals surface area contributed by atoms with E-state index in [1.165, 1.54) is 32.2 Å². The van der Waals surface area contributed by atoms with E-state index >= 15 is 0 Å². The SMILES string of the molecule is COC(=O)[C@H](C)NC(=O)[C@H](Cc1cc([N+](=O)[O-])ccc1OCc1ccccc1)NC(=O)OC(C)(C)C. The first kappa shape index (κ1) is 28.1. The number of alkyl carbamates (subject to hydrolysis) is 1. The third-order valence-corrected chi connectivity index (χ3v) is 4.84. The number of esters is 1. The van der Waals surface area contributed by atoms with Crippen molar-refractivity contribution in [3.05, 3.63) is 69.8 Å². The van der Waals surface area contributed by atoms with Crippen molar-refractivity contribution in [2.75, 3.05) is 7.11 Å². The molecule has 36 heavy (non-hydrogen) atoms. The maximum absolute atomic E-state index is 13.0. The molecular formula is C25H31N3O8. The highest BCUT2D eigenvalue weighted by molar-refractivity contribution is 5.89. The molecule has 0 fully saturated rings. The van der Waals surface area contributed by atoms with Crippen LogP contribution in [0, 0.1) is 10.1 Å². The predicted molar refractivity (Wildman–Crippen MR) is 130 cm³/mol. The number of carbonyl (C=O) groups excluding carboxylic acids is 3. The molecule has 0 unspecified atom stereocenters. The summed E-state index contributed by atoms with van der Waals surface area (Å²) in [4.78, 5) is 48.1. The van der Waals surface area contributed by atoms with Gasteiger partial charge in [-0.2, -0.15) is 0 Å². The molecule has 0 aliphatic rings. The Balaban J connectivity index is 2.35. The first-order valence-corrected chi connectivity index (χ1v) is 11.2. The monoisotopic (exact) mass is 501 g/mol. The van der Waals surface area contributed by atoms with Crippen LogP contribution in [0.2, 0.25) is 0 Å². The number of nitrogens with zero attached hydrogens (tertiary/aromatic N) is 1. The molecule has 2 aromatic rings. The van der Waals surface area contributed by atoms with Crippen molar-refractivity contribution in [1.82, 2.24) is 10.6 Å². The number of rotatable bonds is 10. The Morgan fingerprint density at radius 1 is 1.06 bits per heavy atom. The number of methoxy groups -OCH3 is 1. The first-order valence-electron chi connectivity index (χ1n) is 11.2. The Hall–Kier alpha value is -4.15. The number of non-ortho nitro benzene ring substituents is 1. The van der Waals surface area contributed by atoms with Crippen molar-refractivity contribution in [3.8, 4) is 5.75 Å².